The molecule has 2 unspecified atom stereocenters. The Balaban J connectivity index is 2.38. The van der Waals surface area contributed by atoms with Crippen LogP contribution in [0.2, 0.25) is 0 Å². The lowest BCUT2D eigenvalue weighted by molar-refractivity contribution is 0.181. The molecule has 2 atom stereocenters. The standard InChI is InChI=1S/C6H13N3O/c7-6(8)9-4-1-2-5(10)3-4/h4-5,10H,1-3H2,(H4,7,8,9). The van der Waals surface area contributed by atoms with Crippen LogP contribution >= 0.6 is 0 Å². The van der Waals surface area contributed by atoms with E-state index in [1.165, 1.54) is 0 Å². The minimum Gasteiger partial charge on any atom is -0.393 e. The van der Waals surface area contributed by atoms with Gasteiger partial charge in [-0.3, -0.25) is 4.99 Å². The van der Waals surface area contributed by atoms with Gasteiger partial charge in [-0.15, -0.1) is 0 Å². The van der Waals surface area contributed by atoms with E-state index >= 15 is 0 Å². The van der Waals surface area contributed by atoms with Crippen molar-refractivity contribution in [2.24, 2.45) is 16.5 Å². The van der Waals surface area contributed by atoms with E-state index in [-0.39, 0.29) is 18.1 Å². The zero-order chi connectivity index (χ0) is 7.56. The Bertz CT molecular complexity index is 142. The van der Waals surface area contributed by atoms with Crippen LogP contribution in [0.4, 0.5) is 0 Å². The fraction of sp³-hybridized carbons (Fsp3) is 0.833. The van der Waals surface area contributed by atoms with Gasteiger partial charge < -0.3 is 16.6 Å². The third-order valence-electron chi connectivity index (χ3n) is 1.71. The number of guanidine groups is 1. The van der Waals surface area contributed by atoms with Gasteiger partial charge in [-0.2, -0.15) is 0 Å². The molecule has 0 spiro atoms. The Morgan fingerprint density at radius 2 is 2.10 bits per heavy atom. The Morgan fingerprint density at radius 1 is 1.40 bits per heavy atom. The molecule has 1 aliphatic carbocycles. The molecule has 0 radical (unpaired) electrons. The van der Waals surface area contributed by atoms with Crippen LogP contribution in [0.3, 0.4) is 0 Å². The predicted octanol–water partition coefficient (Wildman–Crippen LogP) is -0.827. The molecule has 1 saturated carbocycles. The van der Waals surface area contributed by atoms with Crippen LogP contribution in [0.5, 0.6) is 0 Å². The van der Waals surface area contributed by atoms with E-state index in [1.807, 2.05) is 0 Å². The first-order valence-corrected chi connectivity index (χ1v) is 3.45. The summed E-state index contributed by atoms with van der Waals surface area (Å²) in [6.45, 7) is 0. The molecule has 0 heterocycles. The molecule has 0 aliphatic heterocycles. The molecule has 0 saturated heterocycles. The lowest BCUT2D eigenvalue weighted by Gasteiger charge is -2.01. The fourth-order valence-corrected chi connectivity index (χ4v) is 1.26. The van der Waals surface area contributed by atoms with E-state index in [0.29, 0.717) is 6.42 Å². The highest BCUT2D eigenvalue weighted by molar-refractivity contribution is 5.75. The maximum atomic E-state index is 9.06. The van der Waals surface area contributed by atoms with Crippen LogP contribution in [0.1, 0.15) is 19.3 Å². The zero-order valence-corrected chi connectivity index (χ0v) is 5.83. The summed E-state index contributed by atoms with van der Waals surface area (Å²) in [7, 11) is 0. The summed E-state index contributed by atoms with van der Waals surface area (Å²) in [5.74, 6) is 0.124. The highest BCUT2D eigenvalue weighted by Crippen LogP contribution is 2.21. The molecule has 1 aliphatic rings. The van der Waals surface area contributed by atoms with Crippen molar-refractivity contribution < 1.29 is 5.11 Å². The van der Waals surface area contributed by atoms with E-state index in [1.54, 1.807) is 0 Å². The summed E-state index contributed by atoms with van der Waals surface area (Å²) in [4.78, 5) is 3.94. The second-order valence-corrected chi connectivity index (χ2v) is 2.67. The molecule has 0 aromatic heterocycles. The molecule has 4 nitrogen and oxygen atoms in total. The van der Waals surface area contributed by atoms with Crippen LogP contribution in [0, 0.1) is 0 Å². The SMILES string of the molecule is NC(N)=NC1CCC(O)C1. The van der Waals surface area contributed by atoms with Crippen LogP contribution in [-0.4, -0.2) is 23.2 Å². The average Bonchev–Trinajstić information content (AvgIpc) is 2.13. The van der Waals surface area contributed by atoms with Crippen LogP contribution in [0.25, 0.3) is 0 Å². The van der Waals surface area contributed by atoms with Gasteiger partial charge in [0.05, 0.1) is 12.1 Å². The Morgan fingerprint density at radius 3 is 2.50 bits per heavy atom. The van der Waals surface area contributed by atoms with Crippen molar-refractivity contribution in [1.29, 1.82) is 0 Å². The van der Waals surface area contributed by atoms with Gasteiger partial charge in [-0.1, -0.05) is 0 Å². The van der Waals surface area contributed by atoms with Gasteiger partial charge in [0.2, 0.25) is 0 Å². The van der Waals surface area contributed by atoms with Gasteiger partial charge in [0.15, 0.2) is 5.96 Å². The van der Waals surface area contributed by atoms with Gasteiger partial charge in [-0.25, -0.2) is 0 Å². The minimum atomic E-state index is -0.201. The average molecular weight is 143 g/mol. The molecule has 4 heteroatoms. The van der Waals surface area contributed by atoms with E-state index in [4.69, 9.17) is 16.6 Å². The van der Waals surface area contributed by atoms with Gasteiger partial charge >= 0.3 is 0 Å². The van der Waals surface area contributed by atoms with Crippen molar-refractivity contribution in [3.63, 3.8) is 0 Å². The summed E-state index contributed by atoms with van der Waals surface area (Å²) < 4.78 is 0. The highest BCUT2D eigenvalue weighted by Gasteiger charge is 2.21. The first-order chi connectivity index (χ1) is 4.68. The summed E-state index contributed by atoms with van der Waals surface area (Å²) in [5, 5.41) is 9.06. The maximum Gasteiger partial charge on any atom is 0.186 e. The number of aliphatic hydroxyl groups excluding tert-OH is 1. The summed E-state index contributed by atoms with van der Waals surface area (Å²) >= 11 is 0. The lowest BCUT2D eigenvalue weighted by atomic mass is 10.3. The van der Waals surface area contributed by atoms with E-state index in [0.717, 1.165) is 12.8 Å². The first-order valence-electron chi connectivity index (χ1n) is 3.45. The van der Waals surface area contributed by atoms with Crippen LogP contribution in [0.15, 0.2) is 4.99 Å². The van der Waals surface area contributed by atoms with Crippen molar-refractivity contribution in [3.05, 3.63) is 0 Å². The molecule has 0 aromatic rings. The third-order valence-corrected chi connectivity index (χ3v) is 1.71. The second kappa shape index (κ2) is 2.88. The monoisotopic (exact) mass is 143 g/mol. The van der Waals surface area contributed by atoms with Crippen LogP contribution < -0.4 is 11.5 Å². The number of rotatable bonds is 1. The molecular formula is C6H13N3O. The summed E-state index contributed by atoms with van der Waals surface area (Å²) in [6, 6.07) is 0.153. The van der Waals surface area contributed by atoms with Gasteiger partial charge in [0.1, 0.15) is 0 Å². The van der Waals surface area contributed by atoms with Crippen molar-refractivity contribution in [2.75, 3.05) is 0 Å². The van der Waals surface area contributed by atoms with Crippen molar-refractivity contribution in [1.82, 2.24) is 0 Å². The molecular weight excluding hydrogens is 130 g/mol. The quantitative estimate of drug-likeness (QED) is 0.331. The Hall–Kier alpha value is -0.770. The van der Waals surface area contributed by atoms with Crippen molar-refractivity contribution in [3.8, 4) is 0 Å². The fourth-order valence-electron chi connectivity index (χ4n) is 1.26. The molecule has 10 heavy (non-hydrogen) atoms. The third kappa shape index (κ3) is 1.88. The van der Waals surface area contributed by atoms with E-state index < -0.39 is 0 Å². The number of nitrogens with two attached hydrogens (primary N) is 2. The number of aliphatic hydroxyl groups is 1. The molecule has 5 N–H and O–H groups in total. The molecule has 1 rings (SSSR count). The summed E-state index contributed by atoms with van der Waals surface area (Å²) in [6.07, 6.45) is 2.23. The minimum absolute atomic E-state index is 0.124. The number of nitrogens with zero attached hydrogens (tertiary/aromatic N) is 1. The number of aliphatic imine (C=N–C) groups is 1. The zero-order valence-electron chi connectivity index (χ0n) is 5.83. The molecule has 58 valence electrons. The molecule has 0 bridgehead atoms. The van der Waals surface area contributed by atoms with Crippen molar-refractivity contribution in [2.45, 2.75) is 31.4 Å². The molecule has 1 fully saturated rings. The normalized spacial score (nSPS) is 32.1. The van der Waals surface area contributed by atoms with Gasteiger partial charge in [0.25, 0.3) is 0 Å². The predicted molar refractivity (Wildman–Crippen MR) is 39.5 cm³/mol. The number of hydrogen-bond acceptors (Lipinski definition) is 2. The smallest absolute Gasteiger partial charge is 0.186 e. The van der Waals surface area contributed by atoms with Crippen molar-refractivity contribution >= 4 is 5.96 Å². The number of hydrogen-bond donors (Lipinski definition) is 3. The highest BCUT2D eigenvalue weighted by atomic mass is 16.3. The first kappa shape index (κ1) is 7.34. The van der Waals surface area contributed by atoms with Crippen LogP contribution in [-0.2, 0) is 0 Å². The van der Waals surface area contributed by atoms with Gasteiger partial charge in [-0.05, 0) is 19.3 Å². The topological polar surface area (TPSA) is 84.6 Å². The lowest BCUT2D eigenvalue weighted by Crippen LogP contribution is -2.25. The molecule has 0 amide bonds. The maximum absolute atomic E-state index is 9.06. The van der Waals surface area contributed by atoms with E-state index in [2.05, 4.69) is 4.99 Å². The van der Waals surface area contributed by atoms with E-state index in [9.17, 15) is 0 Å². The van der Waals surface area contributed by atoms with Gasteiger partial charge in [0, 0.05) is 0 Å². The largest absolute Gasteiger partial charge is 0.393 e. The second-order valence-electron chi connectivity index (χ2n) is 2.67. The Labute approximate surface area is 59.9 Å². The Kier molecular flexibility index (Phi) is 2.11. The summed E-state index contributed by atoms with van der Waals surface area (Å²) in [5.41, 5.74) is 10.3. The molecule has 0 aromatic carbocycles.